The zero-order chi connectivity index (χ0) is 12.8. The average molecular weight is 377 g/mol. The minimum Gasteiger partial charge on any atom is -0.370 e. The molecule has 0 spiro atoms. The largest absolute Gasteiger partial charge is 0.370 e. The van der Waals surface area contributed by atoms with Crippen LogP contribution in [-0.2, 0) is 13.5 Å². The number of nitrogens with two attached hydrogens (primary N) is 1. The van der Waals surface area contributed by atoms with Crippen LogP contribution in [0.25, 0.3) is 0 Å². The molecule has 0 radical (unpaired) electrons. The molecule has 0 atom stereocenters. The summed E-state index contributed by atoms with van der Waals surface area (Å²) in [5.74, 6) is 0.587. The van der Waals surface area contributed by atoms with Gasteiger partial charge in [0.1, 0.15) is 0 Å². The number of aromatic nitrogens is 2. The molecule has 1 aliphatic carbocycles. The van der Waals surface area contributed by atoms with Crippen molar-refractivity contribution >= 4 is 29.9 Å². The molecule has 3 N–H and O–H groups in total. The van der Waals surface area contributed by atoms with E-state index in [0.717, 1.165) is 6.42 Å². The third-order valence-corrected chi connectivity index (χ3v) is 3.53. The van der Waals surface area contributed by atoms with Gasteiger partial charge in [-0.1, -0.05) is 19.3 Å². The second-order valence-electron chi connectivity index (χ2n) is 4.94. The Balaban J connectivity index is 0.00000180. The van der Waals surface area contributed by atoms with Crippen molar-refractivity contribution in [3.8, 4) is 0 Å². The van der Waals surface area contributed by atoms with Crippen LogP contribution in [0.15, 0.2) is 17.3 Å². The molecule has 1 aromatic heterocycles. The van der Waals surface area contributed by atoms with Gasteiger partial charge >= 0.3 is 0 Å². The molecule has 19 heavy (non-hydrogen) atoms. The first-order chi connectivity index (χ1) is 8.75. The van der Waals surface area contributed by atoms with Gasteiger partial charge in [0.15, 0.2) is 5.96 Å². The Morgan fingerprint density at radius 1 is 1.47 bits per heavy atom. The molecule has 0 bridgehead atoms. The number of nitrogens with one attached hydrogen (secondary N) is 1. The fourth-order valence-electron chi connectivity index (χ4n) is 2.44. The van der Waals surface area contributed by atoms with Crippen LogP contribution in [0.4, 0.5) is 0 Å². The van der Waals surface area contributed by atoms with Gasteiger partial charge in [0.2, 0.25) is 0 Å². The summed E-state index contributed by atoms with van der Waals surface area (Å²) in [6, 6.07) is 2.54. The Hall–Kier alpha value is -0.790. The summed E-state index contributed by atoms with van der Waals surface area (Å²) in [7, 11) is 1.95. The van der Waals surface area contributed by atoms with Crippen molar-refractivity contribution in [2.75, 3.05) is 6.54 Å². The molecule has 0 saturated heterocycles. The molecule has 1 heterocycles. The van der Waals surface area contributed by atoms with Crippen molar-refractivity contribution in [2.24, 2.45) is 17.8 Å². The minimum absolute atomic E-state index is 0. The van der Waals surface area contributed by atoms with E-state index in [2.05, 4.69) is 15.4 Å². The van der Waals surface area contributed by atoms with E-state index in [1.54, 1.807) is 0 Å². The molecule has 0 aliphatic heterocycles. The molecule has 0 aromatic carbocycles. The molecular formula is C13H24IN5. The Morgan fingerprint density at radius 3 is 2.84 bits per heavy atom. The lowest BCUT2D eigenvalue weighted by Crippen LogP contribution is -2.41. The molecule has 2 rings (SSSR count). The molecule has 1 aromatic rings. The first-order valence-corrected chi connectivity index (χ1v) is 6.79. The summed E-state index contributed by atoms with van der Waals surface area (Å²) in [6.45, 7) is 0.713. The maximum Gasteiger partial charge on any atom is 0.188 e. The van der Waals surface area contributed by atoms with E-state index in [1.165, 1.54) is 37.8 Å². The summed E-state index contributed by atoms with van der Waals surface area (Å²) < 4.78 is 1.88. The Bertz CT molecular complexity index is 395. The summed E-state index contributed by atoms with van der Waals surface area (Å²) in [6.07, 6.45) is 9.10. The maximum atomic E-state index is 5.90. The quantitative estimate of drug-likeness (QED) is 0.478. The minimum atomic E-state index is 0. The summed E-state index contributed by atoms with van der Waals surface area (Å²) in [5, 5.41) is 7.45. The van der Waals surface area contributed by atoms with Crippen LogP contribution in [0.3, 0.4) is 0 Å². The lowest BCUT2D eigenvalue weighted by atomic mass is 9.96. The monoisotopic (exact) mass is 377 g/mol. The van der Waals surface area contributed by atoms with E-state index in [9.17, 15) is 0 Å². The SMILES string of the molecule is Cn1nccc1CCN=C(N)NC1CCCCC1.I. The van der Waals surface area contributed by atoms with Gasteiger partial charge in [-0.3, -0.25) is 9.67 Å². The fraction of sp³-hybridized carbons (Fsp3) is 0.692. The molecule has 1 fully saturated rings. The normalized spacial score (nSPS) is 17.0. The summed E-state index contributed by atoms with van der Waals surface area (Å²) >= 11 is 0. The van der Waals surface area contributed by atoms with E-state index >= 15 is 0 Å². The van der Waals surface area contributed by atoms with Crippen molar-refractivity contribution in [1.82, 2.24) is 15.1 Å². The molecular weight excluding hydrogens is 353 g/mol. The second kappa shape index (κ2) is 8.39. The highest BCUT2D eigenvalue weighted by Crippen LogP contribution is 2.16. The van der Waals surface area contributed by atoms with E-state index in [4.69, 9.17) is 5.73 Å². The van der Waals surface area contributed by atoms with Gasteiger partial charge < -0.3 is 11.1 Å². The average Bonchev–Trinajstić information content (AvgIpc) is 2.76. The number of rotatable bonds is 4. The van der Waals surface area contributed by atoms with Crippen LogP contribution < -0.4 is 11.1 Å². The molecule has 1 saturated carbocycles. The van der Waals surface area contributed by atoms with E-state index < -0.39 is 0 Å². The lowest BCUT2D eigenvalue weighted by molar-refractivity contribution is 0.412. The lowest BCUT2D eigenvalue weighted by Gasteiger charge is -2.23. The molecule has 1 aliphatic rings. The van der Waals surface area contributed by atoms with E-state index in [-0.39, 0.29) is 24.0 Å². The van der Waals surface area contributed by atoms with Gasteiger partial charge in [-0.25, -0.2) is 0 Å². The zero-order valence-corrected chi connectivity index (χ0v) is 13.8. The van der Waals surface area contributed by atoms with Gasteiger partial charge in [-0.15, -0.1) is 24.0 Å². The van der Waals surface area contributed by atoms with Crippen LogP contribution >= 0.6 is 24.0 Å². The third-order valence-electron chi connectivity index (χ3n) is 3.53. The van der Waals surface area contributed by atoms with Gasteiger partial charge in [0.25, 0.3) is 0 Å². The van der Waals surface area contributed by atoms with E-state index in [1.807, 2.05) is 24.0 Å². The van der Waals surface area contributed by atoms with Gasteiger partial charge in [0.05, 0.1) is 0 Å². The first-order valence-electron chi connectivity index (χ1n) is 6.79. The number of guanidine groups is 1. The maximum absolute atomic E-state index is 5.90. The first kappa shape index (κ1) is 16.3. The third kappa shape index (κ3) is 5.38. The highest BCUT2D eigenvalue weighted by atomic mass is 127. The molecule has 108 valence electrons. The standard InChI is InChI=1S/C13H23N5.HI/c1-18-12(8-10-16-18)7-9-15-13(14)17-11-5-3-2-4-6-11;/h8,10-11H,2-7,9H2,1H3,(H3,14,15,17);1H. The van der Waals surface area contributed by atoms with Crippen molar-refractivity contribution in [3.63, 3.8) is 0 Å². The number of hydrogen-bond acceptors (Lipinski definition) is 2. The number of nitrogens with zero attached hydrogens (tertiary/aromatic N) is 3. The van der Waals surface area contributed by atoms with Gasteiger partial charge in [-0.05, 0) is 18.9 Å². The molecule has 0 amide bonds. The van der Waals surface area contributed by atoms with Crippen molar-refractivity contribution in [2.45, 2.75) is 44.6 Å². The molecule has 5 nitrogen and oxygen atoms in total. The second-order valence-corrected chi connectivity index (χ2v) is 4.94. The highest BCUT2D eigenvalue weighted by Gasteiger charge is 2.13. The van der Waals surface area contributed by atoms with Crippen molar-refractivity contribution in [1.29, 1.82) is 0 Å². The van der Waals surface area contributed by atoms with Gasteiger partial charge in [-0.2, -0.15) is 5.10 Å². The van der Waals surface area contributed by atoms with Crippen LogP contribution in [0.1, 0.15) is 37.8 Å². The smallest absolute Gasteiger partial charge is 0.188 e. The van der Waals surface area contributed by atoms with Gasteiger partial charge in [0, 0.05) is 37.9 Å². The molecule has 6 heteroatoms. The predicted octanol–water partition coefficient (Wildman–Crippen LogP) is 1.82. The van der Waals surface area contributed by atoms with Crippen LogP contribution in [-0.4, -0.2) is 28.3 Å². The number of aryl methyl sites for hydroxylation is 1. The van der Waals surface area contributed by atoms with Crippen molar-refractivity contribution < 1.29 is 0 Å². The Morgan fingerprint density at radius 2 is 2.21 bits per heavy atom. The summed E-state index contributed by atoms with van der Waals surface area (Å²) in [4.78, 5) is 4.38. The predicted molar refractivity (Wildman–Crippen MR) is 88.8 cm³/mol. The Kier molecular flexibility index (Phi) is 7.19. The molecule has 0 unspecified atom stereocenters. The topological polar surface area (TPSA) is 68.2 Å². The van der Waals surface area contributed by atoms with Crippen LogP contribution in [0.2, 0.25) is 0 Å². The highest BCUT2D eigenvalue weighted by molar-refractivity contribution is 14.0. The number of halogens is 1. The van der Waals surface area contributed by atoms with Crippen LogP contribution in [0, 0.1) is 0 Å². The number of aliphatic imine (C=N–C) groups is 1. The Labute approximate surface area is 132 Å². The number of hydrogen-bond donors (Lipinski definition) is 2. The van der Waals surface area contributed by atoms with Crippen LogP contribution in [0.5, 0.6) is 0 Å². The van der Waals surface area contributed by atoms with Crippen molar-refractivity contribution in [3.05, 3.63) is 18.0 Å². The zero-order valence-electron chi connectivity index (χ0n) is 11.5. The summed E-state index contributed by atoms with van der Waals surface area (Å²) in [5.41, 5.74) is 7.08. The van der Waals surface area contributed by atoms with E-state index in [0.29, 0.717) is 18.5 Å². The fourth-order valence-corrected chi connectivity index (χ4v) is 2.44.